The maximum absolute atomic E-state index is 10.8. The summed E-state index contributed by atoms with van der Waals surface area (Å²) in [6.45, 7) is 0. The molecule has 2 heterocycles. The normalized spacial score (nSPS) is 12.7. The Morgan fingerprint density at radius 2 is 1.95 bits per heavy atom. The van der Waals surface area contributed by atoms with Crippen molar-refractivity contribution in [2.24, 2.45) is 0 Å². The van der Waals surface area contributed by atoms with Crippen molar-refractivity contribution in [1.82, 2.24) is 0 Å². The number of halogens is 1. The van der Waals surface area contributed by atoms with Crippen molar-refractivity contribution in [2.45, 2.75) is 6.10 Å². The zero-order valence-corrected chi connectivity index (χ0v) is 11.6. The molecule has 20 heavy (non-hydrogen) atoms. The third kappa shape index (κ3) is 2.13. The Morgan fingerprint density at radius 1 is 1.15 bits per heavy atom. The SMILES string of the molecule is O=C(O)c1ccc(C(O)c2cc3cccc(Br)c3o2)o1. The number of hydrogen-bond acceptors (Lipinski definition) is 4. The van der Waals surface area contributed by atoms with Gasteiger partial charge in [0.15, 0.2) is 6.10 Å². The van der Waals surface area contributed by atoms with Gasteiger partial charge in [-0.3, -0.25) is 0 Å². The molecule has 6 heteroatoms. The third-order valence-corrected chi connectivity index (χ3v) is 3.52. The van der Waals surface area contributed by atoms with Crippen molar-refractivity contribution in [1.29, 1.82) is 0 Å². The lowest BCUT2D eigenvalue weighted by Gasteiger charge is -2.03. The smallest absolute Gasteiger partial charge is 0.371 e. The number of aliphatic hydroxyl groups excluding tert-OH is 1. The fourth-order valence-corrected chi connectivity index (χ4v) is 2.40. The van der Waals surface area contributed by atoms with Gasteiger partial charge in [0.1, 0.15) is 17.1 Å². The molecule has 1 atom stereocenters. The van der Waals surface area contributed by atoms with E-state index in [1.807, 2.05) is 18.2 Å². The van der Waals surface area contributed by atoms with E-state index < -0.39 is 12.1 Å². The van der Waals surface area contributed by atoms with Crippen molar-refractivity contribution in [3.05, 3.63) is 58.2 Å². The molecule has 0 saturated carbocycles. The van der Waals surface area contributed by atoms with Gasteiger partial charge in [-0.1, -0.05) is 12.1 Å². The summed E-state index contributed by atoms with van der Waals surface area (Å²) in [5.41, 5.74) is 0.617. The molecule has 2 aromatic heterocycles. The van der Waals surface area contributed by atoms with Crippen LogP contribution in [0.15, 0.2) is 49.7 Å². The van der Waals surface area contributed by atoms with Gasteiger partial charge in [0, 0.05) is 5.39 Å². The van der Waals surface area contributed by atoms with Crippen LogP contribution in [0.4, 0.5) is 0 Å². The summed E-state index contributed by atoms with van der Waals surface area (Å²) in [5, 5.41) is 19.8. The summed E-state index contributed by atoms with van der Waals surface area (Å²) in [6.07, 6.45) is -1.15. The number of aliphatic hydroxyl groups is 1. The van der Waals surface area contributed by atoms with Crippen molar-refractivity contribution in [3.63, 3.8) is 0 Å². The number of carboxylic acid groups (broad SMARTS) is 1. The molecule has 0 aliphatic heterocycles. The second-order valence-corrected chi connectivity index (χ2v) is 5.07. The molecule has 1 unspecified atom stereocenters. The van der Waals surface area contributed by atoms with Crippen LogP contribution in [0.1, 0.15) is 28.2 Å². The Morgan fingerprint density at radius 3 is 2.60 bits per heavy atom. The number of benzene rings is 1. The molecule has 0 fully saturated rings. The maximum Gasteiger partial charge on any atom is 0.371 e. The lowest BCUT2D eigenvalue weighted by Crippen LogP contribution is -1.97. The van der Waals surface area contributed by atoms with Crippen LogP contribution in [0, 0.1) is 0 Å². The van der Waals surface area contributed by atoms with Crippen molar-refractivity contribution in [3.8, 4) is 0 Å². The Balaban J connectivity index is 2.01. The molecule has 102 valence electrons. The van der Waals surface area contributed by atoms with Gasteiger partial charge in [0.25, 0.3) is 0 Å². The summed E-state index contributed by atoms with van der Waals surface area (Å²) in [4.78, 5) is 10.8. The van der Waals surface area contributed by atoms with Crippen LogP contribution < -0.4 is 0 Å². The second kappa shape index (κ2) is 4.81. The lowest BCUT2D eigenvalue weighted by molar-refractivity contribution is 0.0653. The predicted octanol–water partition coefficient (Wildman–Crippen LogP) is 3.57. The Kier molecular flexibility index (Phi) is 3.11. The summed E-state index contributed by atoms with van der Waals surface area (Å²) in [5.74, 6) is -0.997. The minimum Gasteiger partial charge on any atom is -0.475 e. The van der Waals surface area contributed by atoms with Crippen molar-refractivity contribution >= 4 is 32.9 Å². The molecule has 3 rings (SSSR count). The summed E-state index contributed by atoms with van der Waals surface area (Å²) in [7, 11) is 0. The van der Waals surface area contributed by atoms with Gasteiger partial charge in [-0.2, -0.15) is 0 Å². The number of aromatic carboxylic acids is 1. The number of carbonyl (C=O) groups is 1. The number of para-hydroxylation sites is 1. The monoisotopic (exact) mass is 336 g/mol. The van der Waals surface area contributed by atoms with E-state index in [9.17, 15) is 9.90 Å². The first-order valence-electron chi connectivity index (χ1n) is 5.75. The molecule has 0 aliphatic carbocycles. The molecule has 5 nitrogen and oxygen atoms in total. The molecule has 0 spiro atoms. The molecule has 0 saturated heterocycles. The second-order valence-electron chi connectivity index (χ2n) is 4.22. The topological polar surface area (TPSA) is 83.8 Å². The van der Waals surface area contributed by atoms with Crippen LogP contribution in [0.2, 0.25) is 0 Å². The standard InChI is InChI=1S/C14H9BrO5/c15-8-3-1-2-7-6-11(20-13(7)8)12(16)9-4-5-10(19-9)14(17)18/h1-6,12,16H,(H,17,18). The largest absolute Gasteiger partial charge is 0.475 e. The highest BCUT2D eigenvalue weighted by Gasteiger charge is 2.21. The van der Waals surface area contributed by atoms with Gasteiger partial charge < -0.3 is 19.0 Å². The van der Waals surface area contributed by atoms with E-state index in [0.29, 0.717) is 5.58 Å². The first-order chi connectivity index (χ1) is 9.56. The fourth-order valence-electron chi connectivity index (χ4n) is 1.94. The molecule has 0 radical (unpaired) electrons. The van der Waals surface area contributed by atoms with E-state index in [1.54, 1.807) is 6.07 Å². The van der Waals surface area contributed by atoms with Crippen LogP contribution in [0.5, 0.6) is 0 Å². The summed E-state index contributed by atoms with van der Waals surface area (Å²) in [6, 6.07) is 9.93. The van der Waals surface area contributed by atoms with E-state index in [0.717, 1.165) is 9.86 Å². The number of hydrogen-bond donors (Lipinski definition) is 2. The Bertz CT molecular complexity index is 786. The number of fused-ring (bicyclic) bond motifs is 1. The first-order valence-corrected chi connectivity index (χ1v) is 6.54. The van der Waals surface area contributed by atoms with Gasteiger partial charge in [-0.25, -0.2) is 4.79 Å². The summed E-state index contributed by atoms with van der Waals surface area (Å²) < 4.78 is 11.4. The minimum absolute atomic E-state index is 0.123. The van der Waals surface area contributed by atoms with Gasteiger partial charge in [-0.15, -0.1) is 0 Å². The van der Waals surface area contributed by atoms with Gasteiger partial charge in [-0.05, 0) is 40.2 Å². The zero-order valence-electron chi connectivity index (χ0n) is 10.0. The molecule has 1 aromatic carbocycles. The third-order valence-electron chi connectivity index (χ3n) is 2.89. The molecule has 0 amide bonds. The number of furan rings is 2. The number of carboxylic acids is 1. The van der Waals surface area contributed by atoms with Crippen LogP contribution in [0.3, 0.4) is 0 Å². The molecule has 0 aliphatic rings. The van der Waals surface area contributed by atoms with Crippen LogP contribution in [-0.2, 0) is 0 Å². The van der Waals surface area contributed by atoms with Gasteiger partial charge >= 0.3 is 5.97 Å². The first kappa shape index (κ1) is 13.0. The average Bonchev–Trinajstić information content (AvgIpc) is 3.05. The highest BCUT2D eigenvalue weighted by molar-refractivity contribution is 9.10. The molecule has 3 aromatic rings. The predicted molar refractivity (Wildman–Crippen MR) is 73.6 cm³/mol. The maximum atomic E-state index is 10.8. The van der Waals surface area contributed by atoms with E-state index >= 15 is 0 Å². The van der Waals surface area contributed by atoms with Gasteiger partial charge in [0.05, 0.1) is 4.47 Å². The molecule has 2 N–H and O–H groups in total. The van der Waals surface area contributed by atoms with Crippen LogP contribution in [0.25, 0.3) is 11.0 Å². The molecule has 0 bridgehead atoms. The van der Waals surface area contributed by atoms with E-state index in [1.165, 1.54) is 12.1 Å². The average molecular weight is 337 g/mol. The minimum atomic E-state index is -1.18. The van der Waals surface area contributed by atoms with E-state index in [-0.39, 0.29) is 17.3 Å². The number of rotatable bonds is 3. The molecular weight excluding hydrogens is 328 g/mol. The quantitative estimate of drug-likeness (QED) is 0.763. The van der Waals surface area contributed by atoms with E-state index in [2.05, 4.69) is 15.9 Å². The highest BCUT2D eigenvalue weighted by atomic mass is 79.9. The summed E-state index contributed by atoms with van der Waals surface area (Å²) >= 11 is 3.36. The fraction of sp³-hybridized carbons (Fsp3) is 0.0714. The highest BCUT2D eigenvalue weighted by Crippen LogP contribution is 2.32. The van der Waals surface area contributed by atoms with Crippen molar-refractivity contribution < 1.29 is 23.8 Å². The van der Waals surface area contributed by atoms with Crippen LogP contribution >= 0.6 is 15.9 Å². The van der Waals surface area contributed by atoms with E-state index in [4.69, 9.17) is 13.9 Å². The lowest BCUT2D eigenvalue weighted by atomic mass is 10.2. The Hall–Kier alpha value is -2.05. The van der Waals surface area contributed by atoms with Gasteiger partial charge in [0.2, 0.25) is 5.76 Å². The van der Waals surface area contributed by atoms with Crippen LogP contribution in [-0.4, -0.2) is 16.2 Å². The zero-order chi connectivity index (χ0) is 14.3. The van der Waals surface area contributed by atoms with Crippen molar-refractivity contribution in [2.75, 3.05) is 0 Å². The molecular formula is C14H9BrO5. The Labute approximate surface area is 121 Å².